The van der Waals surface area contributed by atoms with E-state index in [-0.39, 0.29) is 11.8 Å². The van der Waals surface area contributed by atoms with Gasteiger partial charge in [-0.15, -0.1) is 0 Å². The molecule has 0 aliphatic rings. The van der Waals surface area contributed by atoms with Gasteiger partial charge in [0, 0.05) is 24.2 Å². The summed E-state index contributed by atoms with van der Waals surface area (Å²) in [5, 5.41) is 5.91. The number of rotatable bonds is 19. The number of benzene rings is 2. The van der Waals surface area contributed by atoms with Crippen LogP contribution in [0, 0.1) is 11.8 Å². The summed E-state index contributed by atoms with van der Waals surface area (Å²) in [5.74, 6) is 3.00. The lowest BCUT2D eigenvalue weighted by molar-refractivity contribution is -0.117. The Bertz CT molecular complexity index is 846. The van der Waals surface area contributed by atoms with E-state index in [9.17, 15) is 9.59 Å². The van der Waals surface area contributed by atoms with Crippen LogP contribution in [0.25, 0.3) is 0 Å². The molecule has 0 bridgehead atoms. The van der Waals surface area contributed by atoms with Crippen molar-refractivity contribution in [2.45, 2.75) is 91.9 Å². The molecule has 0 atom stereocenters. The number of nitrogens with one attached hydrogen (secondary N) is 2. The quantitative estimate of drug-likeness (QED) is 0.181. The molecule has 2 amide bonds. The Kier molecular flexibility index (Phi) is 15.0. The molecular weight excluding hydrogens is 476 g/mol. The summed E-state index contributed by atoms with van der Waals surface area (Å²) in [6.45, 7) is 10.1. The average molecular weight is 525 g/mol. The second-order valence-corrected chi connectivity index (χ2v) is 10.8. The number of hydrogen-bond donors (Lipinski definition) is 2. The fourth-order valence-corrected chi connectivity index (χ4v) is 3.82. The highest BCUT2D eigenvalue weighted by molar-refractivity contribution is 5.91. The van der Waals surface area contributed by atoms with Gasteiger partial charge in [-0.25, -0.2) is 0 Å². The average Bonchev–Trinajstić information content (AvgIpc) is 2.87. The number of carbonyl (C=O) groups is 2. The Morgan fingerprint density at radius 1 is 0.579 bits per heavy atom. The maximum atomic E-state index is 12.2. The van der Waals surface area contributed by atoms with Gasteiger partial charge in [-0.3, -0.25) is 9.59 Å². The minimum atomic E-state index is 0.0466. The van der Waals surface area contributed by atoms with E-state index < -0.39 is 0 Å². The first-order valence-corrected chi connectivity index (χ1v) is 14.4. The molecule has 2 aromatic rings. The molecule has 0 saturated carbocycles. The number of ether oxygens (including phenoxy) is 2. The summed E-state index contributed by atoms with van der Waals surface area (Å²) < 4.78 is 11.4. The predicted octanol–water partition coefficient (Wildman–Crippen LogP) is 8.23. The standard InChI is InChI=1S/C32H48N2O4/c1-25(2)21-23-37-29-17-13-27(14-18-29)33-31(35)11-9-7-5-6-8-10-12-32(36)34-28-15-19-30(20-16-28)38-24-22-26(3)4/h13-20,25-26H,5-12,21-24H2,1-4H3,(H,33,35)(H,34,36). The largest absolute Gasteiger partial charge is 0.494 e. The van der Waals surface area contributed by atoms with Gasteiger partial charge in [0.2, 0.25) is 11.8 Å². The number of carbonyl (C=O) groups excluding carboxylic acids is 2. The molecule has 0 aliphatic carbocycles. The summed E-state index contributed by atoms with van der Waals surface area (Å²) in [4.78, 5) is 24.4. The molecule has 0 heterocycles. The number of unbranched alkanes of at least 4 members (excludes halogenated alkanes) is 5. The van der Waals surface area contributed by atoms with E-state index in [1.54, 1.807) is 0 Å². The van der Waals surface area contributed by atoms with Crippen LogP contribution in [0.5, 0.6) is 11.5 Å². The van der Waals surface area contributed by atoms with E-state index in [2.05, 4.69) is 38.3 Å². The van der Waals surface area contributed by atoms with Crippen LogP contribution in [0.15, 0.2) is 48.5 Å². The van der Waals surface area contributed by atoms with Crippen LogP contribution in [0.4, 0.5) is 11.4 Å². The van der Waals surface area contributed by atoms with Crippen molar-refractivity contribution >= 4 is 23.2 Å². The first-order chi connectivity index (χ1) is 18.3. The van der Waals surface area contributed by atoms with Gasteiger partial charge in [0.1, 0.15) is 11.5 Å². The summed E-state index contributed by atoms with van der Waals surface area (Å²) >= 11 is 0. The second kappa shape index (κ2) is 18.3. The van der Waals surface area contributed by atoms with Crippen molar-refractivity contribution < 1.29 is 19.1 Å². The van der Waals surface area contributed by atoms with Gasteiger partial charge in [0.25, 0.3) is 0 Å². The number of anilines is 2. The molecule has 38 heavy (non-hydrogen) atoms. The van der Waals surface area contributed by atoms with Crippen LogP contribution < -0.4 is 20.1 Å². The van der Waals surface area contributed by atoms with Gasteiger partial charge < -0.3 is 20.1 Å². The maximum absolute atomic E-state index is 12.2. The van der Waals surface area contributed by atoms with E-state index >= 15 is 0 Å². The van der Waals surface area contributed by atoms with E-state index in [1.807, 2.05) is 48.5 Å². The minimum Gasteiger partial charge on any atom is -0.494 e. The lowest BCUT2D eigenvalue weighted by Gasteiger charge is -2.10. The third-order valence-corrected chi connectivity index (χ3v) is 6.26. The minimum absolute atomic E-state index is 0.0466. The zero-order valence-electron chi connectivity index (χ0n) is 23.9. The normalized spacial score (nSPS) is 11.0. The zero-order valence-corrected chi connectivity index (χ0v) is 23.9. The zero-order chi connectivity index (χ0) is 27.6. The fourth-order valence-electron chi connectivity index (χ4n) is 3.82. The first kappa shape index (κ1) is 31.2. The topological polar surface area (TPSA) is 76.7 Å². The van der Waals surface area contributed by atoms with Crippen molar-refractivity contribution in [3.05, 3.63) is 48.5 Å². The Balaban J connectivity index is 1.47. The molecule has 0 radical (unpaired) electrons. The van der Waals surface area contributed by atoms with E-state index in [0.717, 1.165) is 74.2 Å². The Labute approximate surface area is 229 Å². The highest BCUT2D eigenvalue weighted by atomic mass is 16.5. The number of hydrogen-bond acceptors (Lipinski definition) is 4. The van der Waals surface area contributed by atoms with E-state index in [4.69, 9.17) is 9.47 Å². The molecule has 6 heteroatoms. The smallest absolute Gasteiger partial charge is 0.224 e. The highest BCUT2D eigenvalue weighted by Crippen LogP contribution is 2.19. The maximum Gasteiger partial charge on any atom is 0.224 e. The summed E-state index contributed by atoms with van der Waals surface area (Å²) in [6, 6.07) is 15.1. The molecular formula is C32H48N2O4. The van der Waals surface area contributed by atoms with Crippen LogP contribution in [-0.2, 0) is 9.59 Å². The second-order valence-electron chi connectivity index (χ2n) is 10.8. The lowest BCUT2D eigenvalue weighted by Crippen LogP contribution is -2.11. The van der Waals surface area contributed by atoms with Gasteiger partial charge in [-0.05, 0) is 86.1 Å². The van der Waals surface area contributed by atoms with Crippen molar-refractivity contribution in [1.82, 2.24) is 0 Å². The van der Waals surface area contributed by atoms with Crippen LogP contribution in [-0.4, -0.2) is 25.0 Å². The Morgan fingerprint density at radius 3 is 1.26 bits per heavy atom. The molecule has 2 N–H and O–H groups in total. The molecule has 0 aromatic heterocycles. The molecule has 2 aromatic carbocycles. The molecule has 0 fully saturated rings. The van der Waals surface area contributed by atoms with Crippen LogP contribution >= 0.6 is 0 Å². The van der Waals surface area contributed by atoms with Crippen LogP contribution in [0.3, 0.4) is 0 Å². The Morgan fingerprint density at radius 2 is 0.921 bits per heavy atom. The van der Waals surface area contributed by atoms with Gasteiger partial charge >= 0.3 is 0 Å². The van der Waals surface area contributed by atoms with Gasteiger partial charge in [0.05, 0.1) is 13.2 Å². The Hall–Kier alpha value is -3.02. The fraction of sp³-hybridized carbons (Fsp3) is 0.562. The third-order valence-electron chi connectivity index (χ3n) is 6.26. The molecule has 6 nitrogen and oxygen atoms in total. The SMILES string of the molecule is CC(C)CCOc1ccc(NC(=O)CCCCCCCCC(=O)Nc2ccc(OCCC(C)C)cc2)cc1. The molecule has 2 rings (SSSR count). The molecule has 0 spiro atoms. The van der Waals surface area contributed by atoms with Crippen LogP contribution in [0.1, 0.15) is 91.9 Å². The summed E-state index contributed by atoms with van der Waals surface area (Å²) in [7, 11) is 0. The first-order valence-electron chi connectivity index (χ1n) is 14.4. The summed E-state index contributed by atoms with van der Waals surface area (Å²) in [6.07, 6.45) is 9.05. The van der Waals surface area contributed by atoms with Gasteiger partial charge in [-0.2, -0.15) is 0 Å². The highest BCUT2D eigenvalue weighted by Gasteiger charge is 2.05. The molecule has 0 saturated heterocycles. The molecule has 0 unspecified atom stereocenters. The van der Waals surface area contributed by atoms with Crippen LogP contribution in [0.2, 0.25) is 0 Å². The van der Waals surface area contributed by atoms with E-state index in [1.165, 1.54) is 0 Å². The van der Waals surface area contributed by atoms with Gasteiger partial charge in [0.15, 0.2) is 0 Å². The predicted molar refractivity (Wildman–Crippen MR) is 157 cm³/mol. The molecule has 0 aliphatic heterocycles. The van der Waals surface area contributed by atoms with E-state index in [0.29, 0.717) is 37.9 Å². The van der Waals surface area contributed by atoms with Gasteiger partial charge in [-0.1, -0.05) is 53.4 Å². The third kappa shape index (κ3) is 14.7. The van der Waals surface area contributed by atoms with Crippen molar-refractivity contribution in [1.29, 1.82) is 0 Å². The lowest BCUT2D eigenvalue weighted by atomic mass is 10.1. The van der Waals surface area contributed by atoms with Crippen molar-refractivity contribution in [2.75, 3.05) is 23.8 Å². The van der Waals surface area contributed by atoms with Crippen molar-refractivity contribution in [3.63, 3.8) is 0 Å². The monoisotopic (exact) mass is 524 g/mol. The molecule has 210 valence electrons. The summed E-state index contributed by atoms with van der Waals surface area (Å²) in [5.41, 5.74) is 1.60. The van der Waals surface area contributed by atoms with Crippen molar-refractivity contribution in [3.8, 4) is 11.5 Å². The number of amides is 2. The van der Waals surface area contributed by atoms with Crippen molar-refractivity contribution in [2.24, 2.45) is 11.8 Å².